The standard InChI is InChI=1S/C15H16ClN3O2/c1-9(2)21-15-13(4-3-7-18-15)19-14(20)10-5-6-12(17)11(16)8-10/h3-9H,17H2,1-2H3,(H,19,20). The number of anilines is 2. The molecule has 0 saturated heterocycles. The summed E-state index contributed by atoms with van der Waals surface area (Å²) in [5, 5.41) is 3.09. The van der Waals surface area contributed by atoms with Crippen molar-refractivity contribution in [2.75, 3.05) is 11.1 Å². The van der Waals surface area contributed by atoms with Crippen LogP contribution in [0, 0.1) is 0 Å². The van der Waals surface area contributed by atoms with Gasteiger partial charge in [-0.15, -0.1) is 0 Å². The lowest BCUT2D eigenvalue weighted by Crippen LogP contribution is -2.15. The van der Waals surface area contributed by atoms with E-state index in [0.717, 1.165) is 0 Å². The van der Waals surface area contributed by atoms with Crippen molar-refractivity contribution in [2.24, 2.45) is 0 Å². The maximum atomic E-state index is 12.2. The number of nitrogens with two attached hydrogens (primary N) is 1. The number of amides is 1. The monoisotopic (exact) mass is 305 g/mol. The van der Waals surface area contributed by atoms with Gasteiger partial charge in [-0.2, -0.15) is 0 Å². The van der Waals surface area contributed by atoms with Gasteiger partial charge in [-0.3, -0.25) is 4.79 Å². The number of rotatable bonds is 4. The highest BCUT2D eigenvalue weighted by Crippen LogP contribution is 2.24. The van der Waals surface area contributed by atoms with Gasteiger partial charge < -0.3 is 15.8 Å². The predicted octanol–water partition coefficient (Wildman–Crippen LogP) is 3.36. The van der Waals surface area contributed by atoms with Crippen molar-refractivity contribution in [1.29, 1.82) is 0 Å². The van der Waals surface area contributed by atoms with Crippen molar-refractivity contribution in [3.05, 3.63) is 47.1 Å². The Labute approximate surface area is 128 Å². The molecule has 2 rings (SSSR count). The number of ether oxygens (including phenoxy) is 1. The van der Waals surface area contributed by atoms with Crippen LogP contribution < -0.4 is 15.8 Å². The summed E-state index contributed by atoms with van der Waals surface area (Å²) in [5.74, 6) is 0.0703. The molecule has 0 bridgehead atoms. The number of hydrogen-bond acceptors (Lipinski definition) is 4. The lowest BCUT2D eigenvalue weighted by atomic mass is 10.2. The maximum Gasteiger partial charge on any atom is 0.255 e. The van der Waals surface area contributed by atoms with E-state index in [-0.39, 0.29) is 12.0 Å². The molecule has 0 radical (unpaired) electrons. The number of halogens is 1. The quantitative estimate of drug-likeness (QED) is 0.849. The first-order valence-corrected chi connectivity index (χ1v) is 6.83. The Hall–Kier alpha value is -2.27. The Morgan fingerprint density at radius 1 is 1.38 bits per heavy atom. The van der Waals surface area contributed by atoms with Crippen molar-refractivity contribution < 1.29 is 9.53 Å². The van der Waals surface area contributed by atoms with Crippen LogP contribution in [0.4, 0.5) is 11.4 Å². The summed E-state index contributed by atoms with van der Waals surface area (Å²) in [6, 6.07) is 8.16. The third-order valence-corrected chi connectivity index (χ3v) is 2.96. The number of nitrogens with zero attached hydrogens (tertiary/aromatic N) is 1. The summed E-state index contributed by atoms with van der Waals surface area (Å²) in [4.78, 5) is 16.3. The van der Waals surface area contributed by atoms with Gasteiger partial charge in [0.25, 0.3) is 5.91 Å². The van der Waals surface area contributed by atoms with Crippen LogP contribution in [0.25, 0.3) is 0 Å². The maximum absolute atomic E-state index is 12.2. The third kappa shape index (κ3) is 3.86. The Morgan fingerprint density at radius 2 is 2.14 bits per heavy atom. The second kappa shape index (κ2) is 6.45. The number of nitrogens with one attached hydrogen (secondary N) is 1. The molecule has 5 nitrogen and oxygen atoms in total. The fourth-order valence-corrected chi connectivity index (χ4v) is 1.85. The molecule has 6 heteroatoms. The molecular weight excluding hydrogens is 290 g/mol. The number of aromatic nitrogens is 1. The Balaban J connectivity index is 2.21. The van der Waals surface area contributed by atoms with Crippen molar-refractivity contribution in [1.82, 2.24) is 4.98 Å². The summed E-state index contributed by atoms with van der Waals surface area (Å²) < 4.78 is 5.55. The zero-order valence-electron chi connectivity index (χ0n) is 11.8. The zero-order valence-corrected chi connectivity index (χ0v) is 12.5. The van der Waals surface area contributed by atoms with E-state index in [4.69, 9.17) is 22.1 Å². The van der Waals surface area contributed by atoms with Crippen LogP contribution in [0.15, 0.2) is 36.5 Å². The first kappa shape index (κ1) is 15.1. The third-order valence-electron chi connectivity index (χ3n) is 2.63. The predicted molar refractivity (Wildman–Crippen MR) is 83.8 cm³/mol. The Kier molecular flexibility index (Phi) is 4.65. The molecule has 0 spiro atoms. The van der Waals surface area contributed by atoms with E-state index in [1.54, 1.807) is 30.5 Å². The number of carbonyl (C=O) groups excluding carboxylic acids is 1. The highest BCUT2D eigenvalue weighted by Gasteiger charge is 2.12. The van der Waals surface area contributed by atoms with Gasteiger partial charge in [0.2, 0.25) is 5.88 Å². The van der Waals surface area contributed by atoms with Crippen LogP contribution in [0.2, 0.25) is 5.02 Å². The molecule has 1 aromatic carbocycles. The van der Waals surface area contributed by atoms with E-state index >= 15 is 0 Å². The van der Waals surface area contributed by atoms with E-state index in [2.05, 4.69) is 10.3 Å². The lowest BCUT2D eigenvalue weighted by Gasteiger charge is -2.13. The highest BCUT2D eigenvalue weighted by atomic mass is 35.5. The van der Waals surface area contributed by atoms with Crippen LogP contribution in [-0.4, -0.2) is 17.0 Å². The van der Waals surface area contributed by atoms with Crippen LogP contribution >= 0.6 is 11.6 Å². The number of benzene rings is 1. The molecule has 0 unspecified atom stereocenters. The summed E-state index contributed by atoms with van der Waals surface area (Å²) in [6.45, 7) is 3.78. The molecule has 2 aromatic rings. The average molecular weight is 306 g/mol. The molecule has 3 N–H and O–H groups in total. The summed E-state index contributed by atoms with van der Waals surface area (Å²) >= 11 is 5.92. The normalized spacial score (nSPS) is 10.5. The van der Waals surface area contributed by atoms with Gasteiger partial charge in [-0.1, -0.05) is 11.6 Å². The second-order valence-electron chi connectivity index (χ2n) is 4.71. The van der Waals surface area contributed by atoms with Crippen molar-refractivity contribution >= 4 is 28.9 Å². The van der Waals surface area contributed by atoms with Crippen molar-refractivity contribution in [3.8, 4) is 5.88 Å². The minimum Gasteiger partial charge on any atom is -0.473 e. The Morgan fingerprint density at radius 3 is 2.81 bits per heavy atom. The minimum absolute atomic E-state index is 0.0403. The molecular formula is C15H16ClN3O2. The average Bonchev–Trinajstić information content (AvgIpc) is 2.43. The molecule has 0 fully saturated rings. The minimum atomic E-state index is -0.307. The van der Waals surface area contributed by atoms with Crippen LogP contribution in [0.3, 0.4) is 0 Å². The van der Waals surface area contributed by atoms with E-state index in [1.165, 1.54) is 6.07 Å². The van der Waals surface area contributed by atoms with E-state index < -0.39 is 0 Å². The van der Waals surface area contributed by atoms with Gasteiger partial charge in [-0.05, 0) is 44.2 Å². The molecule has 0 aliphatic rings. The SMILES string of the molecule is CC(C)Oc1ncccc1NC(=O)c1ccc(N)c(Cl)c1. The summed E-state index contributed by atoms with van der Waals surface area (Å²) in [6.07, 6.45) is 1.56. The number of nitrogen functional groups attached to an aromatic ring is 1. The van der Waals surface area contributed by atoms with Gasteiger partial charge >= 0.3 is 0 Å². The molecule has 0 aliphatic carbocycles. The Bertz CT molecular complexity index is 659. The molecule has 21 heavy (non-hydrogen) atoms. The van der Waals surface area contributed by atoms with Crippen molar-refractivity contribution in [3.63, 3.8) is 0 Å². The lowest BCUT2D eigenvalue weighted by molar-refractivity contribution is 0.102. The highest BCUT2D eigenvalue weighted by molar-refractivity contribution is 6.33. The molecule has 1 aromatic heterocycles. The van der Waals surface area contributed by atoms with Crippen LogP contribution in [0.1, 0.15) is 24.2 Å². The molecule has 0 aliphatic heterocycles. The van der Waals surface area contributed by atoms with E-state index in [1.807, 2.05) is 13.8 Å². The molecule has 0 atom stereocenters. The van der Waals surface area contributed by atoms with Gasteiger partial charge in [0.1, 0.15) is 5.69 Å². The first-order valence-electron chi connectivity index (χ1n) is 6.45. The fourth-order valence-electron chi connectivity index (χ4n) is 1.67. The van der Waals surface area contributed by atoms with Gasteiger partial charge in [-0.25, -0.2) is 4.98 Å². The smallest absolute Gasteiger partial charge is 0.255 e. The topological polar surface area (TPSA) is 77.2 Å². The number of pyridine rings is 1. The van der Waals surface area contributed by atoms with Crippen LogP contribution in [0.5, 0.6) is 5.88 Å². The second-order valence-corrected chi connectivity index (χ2v) is 5.12. The van der Waals surface area contributed by atoms with Gasteiger partial charge in [0.05, 0.1) is 16.8 Å². The number of hydrogen-bond donors (Lipinski definition) is 2. The summed E-state index contributed by atoms with van der Waals surface area (Å²) in [7, 11) is 0. The van der Waals surface area contributed by atoms with Crippen LogP contribution in [-0.2, 0) is 0 Å². The molecule has 1 amide bonds. The van der Waals surface area contributed by atoms with Gasteiger partial charge in [0, 0.05) is 11.8 Å². The first-order chi connectivity index (χ1) is 9.97. The molecule has 1 heterocycles. The molecule has 0 saturated carbocycles. The fraction of sp³-hybridized carbons (Fsp3) is 0.200. The van der Waals surface area contributed by atoms with Gasteiger partial charge in [0.15, 0.2) is 0 Å². The van der Waals surface area contributed by atoms with E-state index in [0.29, 0.717) is 27.8 Å². The van der Waals surface area contributed by atoms with E-state index in [9.17, 15) is 4.79 Å². The molecule has 110 valence electrons. The largest absolute Gasteiger partial charge is 0.473 e. The zero-order chi connectivity index (χ0) is 15.4. The summed E-state index contributed by atoms with van der Waals surface area (Å²) in [5.41, 5.74) is 6.97. The van der Waals surface area contributed by atoms with Crippen molar-refractivity contribution in [2.45, 2.75) is 20.0 Å². The number of carbonyl (C=O) groups is 1.